The highest BCUT2D eigenvalue weighted by Crippen LogP contribution is 2.44. The van der Waals surface area contributed by atoms with E-state index in [0.717, 1.165) is 47.1 Å². The minimum absolute atomic E-state index is 0.00178. The van der Waals surface area contributed by atoms with Crippen LogP contribution in [0.3, 0.4) is 0 Å². The Morgan fingerprint density at radius 2 is 1.87 bits per heavy atom. The zero-order valence-corrected chi connectivity index (χ0v) is 35.9. The van der Waals surface area contributed by atoms with Crippen LogP contribution in [0, 0.1) is 17.3 Å². The van der Waals surface area contributed by atoms with Crippen molar-refractivity contribution in [2.45, 2.75) is 90.7 Å². The maximum Gasteiger partial charge on any atom is 0.302 e. The number of hydrogen-bond acceptors (Lipinski definition) is 9. The molecule has 11 nitrogen and oxygen atoms in total. The van der Waals surface area contributed by atoms with Crippen LogP contribution in [0.1, 0.15) is 88.4 Å². The van der Waals surface area contributed by atoms with E-state index >= 15 is 0 Å². The summed E-state index contributed by atoms with van der Waals surface area (Å²) in [5, 5.41) is 26.1. The lowest BCUT2D eigenvalue weighted by molar-refractivity contribution is -0.148. The van der Waals surface area contributed by atoms with E-state index in [1.165, 1.54) is 30.7 Å². The molecule has 0 amide bonds. The normalized spacial score (nSPS) is 23.5. The number of H-pyrrole nitrogens is 1. The number of Topliss-reactive ketones (excluding diaryl/α,β-unsaturated/α-hetero) is 2. The second-order valence-electron chi connectivity index (χ2n) is 17.1. The Hall–Kier alpha value is -5.81. The highest BCUT2D eigenvalue weighted by molar-refractivity contribution is 5.95. The molecular formula is C50H60N4O7. The number of carbonyl (C=O) groups excluding carboxylic acids is 3. The summed E-state index contributed by atoms with van der Waals surface area (Å²) in [6.45, 7) is 6.41. The summed E-state index contributed by atoms with van der Waals surface area (Å²) >= 11 is 0. The van der Waals surface area contributed by atoms with Gasteiger partial charge in [-0.05, 0) is 109 Å². The number of hydrogen-bond donors (Lipinski definition) is 4. The van der Waals surface area contributed by atoms with E-state index < -0.39 is 18.1 Å². The van der Waals surface area contributed by atoms with E-state index in [2.05, 4.69) is 83.2 Å². The van der Waals surface area contributed by atoms with Gasteiger partial charge in [0.15, 0.2) is 11.5 Å². The zero-order chi connectivity index (χ0) is 43.1. The minimum atomic E-state index is -0.623. The summed E-state index contributed by atoms with van der Waals surface area (Å²) in [6, 6.07) is 10.8. The van der Waals surface area contributed by atoms with Gasteiger partial charge in [0.2, 0.25) is 0 Å². The predicted octanol–water partition coefficient (Wildman–Crippen LogP) is 8.43. The van der Waals surface area contributed by atoms with Crippen molar-refractivity contribution in [3.63, 3.8) is 0 Å². The molecule has 2 aromatic heterocycles. The van der Waals surface area contributed by atoms with Crippen LogP contribution in [0.25, 0.3) is 10.8 Å². The van der Waals surface area contributed by atoms with Crippen LogP contribution in [-0.2, 0) is 32.0 Å². The van der Waals surface area contributed by atoms with Gasteiger partial charge < -0.3 is 39.5 Å². The molecule has 4 heterocycles. The maximum absolute atomic E-state index is 14.4. The van der Waals surface area contributed by atoms with Gasteiger partial charge in [0, 0.05) is 81.4 Å². The molecule has 4 N–H and O–H groups in total. The van der Waals surface area contributed by atoms with Gasteiger partial charge in [-0.15, -0.1) is 0 Å². The average molecular weight is 829 g/mol. The van der Waals surface area contributed by atoms with Gasteiger partial charge in [0.25, 0.3) is 0 Å². The first-order valence-electron chi connectivity index (χ1n) is 21.7. The number of carbonyl (C=O) groups is 3. The summed E-state index contributed by atoms with van der Waals surface area (Å²) in [6.07, 6.45) is 25.6. The van der Waals surface area contributed by atoms with Crippen LogP contribution >= 0.6 is 0 Å². The quantitative estimate of drug-likeness (QED) is 0.122. The molecular weight excluding hydrogens is 769 g/mol. The third-order valence-electron chi connectivity index (χ3n) is 12.9. The molecule has 61 heavy (non-hydrogen) atoms. The number of dihydropyridines is 1. The Bertz CT molecular complexity index is 2350. The third kappa shape index (κ3) is 10.0. The lowest BCUT2D eigenvalue weighted by Crippen LogP contribution is -2.36. The van der Waals surface area contributed by atoms with Gasteiger partial charge in [0.05, 0.1) is 18.8 Å². The van der Waals surface area contributed by atoms with Gasteiger partial charge >= 0.3 is 5.97 Å². The maximum atomic E-state index is 14.4. The second-order valence-corrected chi connectivity index (χ2v) is 17.1. The van der Waals surface area contributed by atoms with Crippen LogP contribution in [0.5, 0.6) is 11.5 Å². The van der Waals surface area contributed by atoms with E-state index in [1.807, 2.05) is 29.0 Å². The number of aromatic hydroxyl groups is 1. The number of aliphatic hydroxyl groups is 1. The number of phenols is 1. The number of esters is 1. The van der Waals surface area contributed by atoms with E-state index in [9.17, 15) is 24.6 Å². The topological polar surface area (TPSA) is 146 Å². The number of fused-ring (bicyclic) bond motifs is 3. The van der Waals surface area contributed by atoms with Crippen LogP contribution in [-0.4, -0.2) is 70.2 Å². The monoisotopic (exact) mass is 828 g/mol. The van der Waals surface area contributed by atoms with E-state index in [-0.39, 0.29) is 54.0 Å². The molecule has 0 saturated heterocycles. The number of nitrogens with one attached hydrogen (secondary N) is 2. The Balaban J connectivity index is 1.38. The Labute approximate surface area is 358 Å². The minimum Gasteiger partial charge on any atom is -0.504 e. The van der Waals surface area contributed by atoms with Crippen molar-refractivity contribution in [2.75, 3.05) is 31.7 Å². The molecule has 5 atom stereocenters. The van der Waals surface area contributed by atoms with Crippen molar-refractivity contribution < 1.29 is 34.1 Å². The highest BCUT2D eigenvalue weighted by Gasteiger charge is 2.36. The second kappa shape index (κ2) is 19.3. The van der Waals surface area contributed by atoms with Crippen molar-refractivity contribution >= 4 is 34.0 Å². The number of nitrogens with zero attached hydrogens (tertiary/aromatic N) is 2. The van der Waals surface area contributed by atoms with Crippen molar-refractivity contribution in [1.82, 2.24) is 14.9 Å². The molecule has 0 fully saturated rings. The molecule has 0 radical (unpaired) electrons. The fourth-order valence-electron chi connectivity index (χ4n) is 9.51. The van der Waals surface area contributed by atoms with Crippen molar-refractivity contribution in [3.05, 3.63) is 126 Å². The molecule has 0 unspecified atom stereocenters. The molecule has 0 saturated carbocycles. The third-order valence-corrected chi connectivity index (χ3v) is 12.9. The molecule has 322 valence electrons. The van der Waals surface area contributed by atoms with Gasteiger partial charge in [0.1, 0.15) is 23.5 Å². The standard InChI is InChI=1S/C50H60N4O7/c1-33-9-5-6-18-50(33)19-15-43(61-35(3)57)26-42(58)27-46(38-13-14-47(59)48(24-38)60-4)53-31-39-10-7-12-45(44(39)32-53)54(21-17-34(2)56)49-25-37(16-20-52-49)36(11-8-22-55)23-40-29-51-30-41(40)28-50/h5-7,9-10,12-14,16,18,24-25,29-33,36,43,46,51-52,55,59H,8,11,15,17,19-23,26-28H2,1-4H3/t33-,36+,43+,46-,50-/m0/s1. The first kappa shape index (κ1) is 43.3. The lowest BCUT2D eigenvalue weighted by Gasteiger charge is -2.38. The van der Waals surface area contributed by atoms with E-state index in [4.69, 9.17) is 9.47 Å². The number of aromatic amines is 1. The van der Waals surface area contributed by atoms with Gasteiger partial charge in [-0.25, -0.2) is 0 Å². The Morgan fingerprint density at radius 3 is 2.64 bits per heavy atom. The van der Waals surface area contributed by atoms with Gasteiger partial charge in [-0.1, -0.05) is 55.5 Å². The first-order valence-corrected chi connectivity index (χ1v) is 21.7. The molecule has 2 aliphatic heterocycles. The number of phenolic OH excluding ortho intramolecular Hbond substituents is 1. The zero-order valence-electron chi connectivity index (χ0n) is 35.9. The average Bonchev–Trinajstić information content (AvgIpc) is 3.88. The Morgan fingerprint density at radius 1 is 1.03 bits per heavy atom. The van der Waals surface area contributed by atoms with Crippen molar-refractivity contribution in [1.29, 1.82) is 0 Å². The SMILES string of the molecule is COc1cc([C@@H]2CC(=O)C[C@H](OC(C)=O)CC[C@@]3(C=CC=C[C@@H]3C)Cc3c[nH]cc3C[C@@H](CCCO)C3=CCNC(=C3)N(CCC(C)=O)c3cccc4cn2cc34)ccc1O. The van der Waals surface area contributed by atoms with Crippen LogP contribution in [0.4, 0.5) is 5.69 Å². The molecule has 4 aromatic rings. The number of benzene rings is 2. The number of ketones is 2. The van der Waals surface area contributed by atoms with Crippen molar-refractivity contribution in [3.8, 4) is 11.5 Å². The summed E-state index contributed by atoms with van der Waals surface area (Å²) in [5.74, 6) is 1.10. The van der Waals surface area contributed by atoms with E-state index in [0.29, 0.717) is 44.5 Å². The number of rotatable bonds is 9. The van der Waals surface area contributed by atoms with Crippen LogP contribution in [0.15, 0.2) is 109 Å². The fourth-order valence-corrected chi connectivity index (χ4v) is 9.51. The molecule has 1 spiro atoms. The number of ether oxygens (including phenoxy) is 2. The number of allylic oxidation sites excluding steroid dienone is 6. The summed E-state index contributed by atoms with van der Waals surface area (Å²) in [5.41, 5.74) is 5.02. The first-order chi connectivity index (χ1) is 29.5. The Kier molecular flexibility index (Phi) is 13.7. The summed E-state index contributed by atoms with van der Waals surface area (Å²) in [7, 11) is 1.50. The van der Waals surface area contributed by atoms with Crippen LogP contribution in [0.2, 0.25) is 0 Å². The molecule has 11 heteroatoms. The number of anilines is 1. The number of aliphatic hydroxyl groups excluding tert-OH is 1. The largest absolute Gasteiger partial charge is 0.504 e. The van der Waals surface area contributed by atoms with Crippen LogP contribution < -0.4 is 15.0 Å². The van der Waals surface area contributed by atoms with Gasteiger partial charge in [-0.2, -0.15) is 0 Å². The number of aromatic nitrogens is 2. The summed E-state index contributed by atoms with van der Waals surface area (Å²) < 4.78 is 13.5. The molecule has 2 aromatic carbocycles. The van der Waals surface area contributed by atoms with Crippen molar-refractivity contribution in [2.24, 2.45) is 17.3 Å². The molecule has 1 aliphatic carbocycles. The van der Waals surface area contributed by atoms with E-state index in [1.54, 1.807) is 19.1 Å². The fraction of sp³-hybridized carbons (Fsp3) is 0.420. The highest BCUT2D eigenvalue weighted by atomic mass is 16.5. The predicted molar refractivity (Wildman–Crippen MR) is 238 cm³/mol. The molecule has 3 aliphatic rings. The van der Waals surface area contributed by atoms with Gasteiger partial charge in [-0.3, -0.25) is 14.4 Å². The number of methoxy groups -OCH3 is 1. The summed E-state index contributed by atoms with van der Waals surface area (Å²) in [4.78, 5) is 45.2. The smallest absolute Gasteiger partial charge is 0.302 e. The lowest BCUT2D eigenvalue weighted by atomic mass is 9.66. The molecule has 7 rings (SSSR count). The molecule has 4 bridgehead atoms.